The minimum absolute atomic E-state index is 0.0614. The van der Waals surface area contributed by atoms with E-state index in [0.29, 0.717) is 23.6 Å². The number of rotatable bonds is 3. The van der Waals surface area contributed by atoms with E-state index in [0.717, 1.165) is 0 Å². The predicted octanol–water partition coefficient (Wildman–Crippen LogP) is 0.238. The Morgan fingerprint density at radius 2 is 2.35 bits per heavy atom. The first-order valence-corrected chi connectivity index (χ1v) is 5.14. The Bertz CT molecular complexity index is 562. The van der Waals surface area contributed by atoms with E-state index < -0.39 is 5.97 Å². The molecule has 0 radical (unpaired) electrons. The number of aliphatic hydroxyl groups excluding tert-OH is 1. The van der Waals surface area contributed by atoms with Gasteiger partial charge < -0.3 is 15.6 Å². The van der Waals surface area contributed by atoms with Gasteiger partial charge in [-0.05, 0) is 12.1 Å². The highest BCUT2D eigenvalue weighted by Crippen LogP contribution is 2.18. The van der Waals surface area contributed by atoms with Gasteiger partial charge in [-0.25, -0.2) is 9.78 Å². The van der Waals surface area contributed by atoms with Crippen LogP contribution in [0.1, 0.15) is 16.3 Å². The first kappa shape index (κ1) is 11.4. The molecule has 0 amide bonds. The number of nitrogens with zero attached hydrogens (tertiary/aromatic N) is 2. The van der Waals surface area contributed by atoms with E-state index in [1.807, 2.05) is 0 Å². The molecule has 2 rings (SSSR count). The van der Waals surface area contributed by atoms with Gasteiger partial charge in [0.2, 0.25) is 0 Å². The molecule has 0 atom stereocenters. The number of pyridine rings is 1. The van der Waals surface area contributed by atoms with Crippen LogP contribution in [0.2, 0.25) is 0 Å². The molecule has 0 bridgehead atoms. The minimum atomic E-state index is -0.516. The smallest absolute Gasteiger partial charge is 0.358 e. The molecule has 2 aromatic rings. The summed E-state index contributed by atoms with van der Waals surface area (Å²) in [5.41, 5.74) is 6.63. The maximum atomic E-state index is 11.6. The Hall–Kier alpha value is -2.08. The number of anilines is 1. The number of methoxy groups -OCH3 is 1. The molecule has 0 saturated heterocycles. The number of aliphatic hydroxyl groups is 1. The van der Waals surface area contributed by atoms with Crippen molar-refractivity contribution < 1.29 is 14.6 Å². The number of aromatic nitrogens is 2. The summed E-state index contributed by atoms with van der Waals surface area (Å²) in [6, 6.07) is 5.18. The molecule has 0 fully saturated rings. The lowest BCUT2D eigenvalue weighted by molar-refractivity contribution is 0.0596. The SMILES string of the molecule is COC(=O)c1nc(CCO)n2c(N)cccc12. The van der Waals surface area contributed by atoms with Crippen molar-refractivity contribution in [2.45, 2.75) is 6.42 Å². The van der Waals surface area contributed by atoms with E-state index in [9.17, 15) is 4.79 Å². The molecule has 90 valence electrons. The van der Waals surface area contributed by atoms with Gasteiger partial charge in [-0.1, -0.05) is 6.07 Å². The molecule has 6 heteroatoms. The normalized spacial score (nSPS) is 10.7. The zero-order valence-corrected chi connectivity index (χ0v) is 9.38. The molecule has 2 heterocycles. The fourth-order valence-electron chi connectivity index (χ4n) is 1.75. The Kier molecular flexibility index (Phi) is 2.97. The molecule has 3 N–H and O–H groups in total. The molecule has 0 aliphatic rings. The van der Waals surface area contributed by atoms with Gasteiger partial charge in [0.1, 0.15) is 11.6 Å². The maximum Gasteiger partial charge on any atom is 0.358 e. The molecule has 6 nitrogen and oxygen atoms in total. The van der Waals surface area contributed by atoms with Crippen molar-refractivity contribution in [1.82, 2.24) is 9.38 Å². The molecule has 0 aromatic carbocycles. The molecule has 0 spiro atoms. The quantitative estimate of drug-likeness (QED) is 0.744. The molecule has 0 aliphatic carbocycles. The third kappa shape index (κ3) is 1.83. The number of hydrogen-bond acceptors (Lipinski definition) is 5. The van der Waals surface area contributed by atoms with Crippen molar-refractivity contribution in [3.8, 4) is 0 Å². The molecule has 0 saturated carbocycles. The predicted molar refractivity (Wildman–Crippen MR) is 61.7 cm³/mol. The highest BCUT2D eigenvalue weighted by Gasteiger charge is 2.18. The van der Waals surface area contributed by atoms with Gasteiger partial charge >= 0.3 is 5.97 Å². The van der Waals surface area contributed by atoms with Crippen molar-refractivity contribution in [2.75, 3.05) is 19.5 Å². The van der Waals surface area contributed by atoms with Gasteiger partial charge in [0.25, 0.3) is 0 Å². The summed E-state index contributed by atoms with van der Waals surface area (Å²) in [5, 5.41) is 8.96. The number of carbonyl (C=O) groups excluding carboxylic acids is 1. The van der Waals surface area contributed by atoms with Gasteiger partial charge in [0, 0.05) is 6.42 Å². The molecule has 0 aliphatic heterocycles. The Morgan fingerprint density at radius 3 is 3.00 bits per heavy atom. The lowest BCUT2D eigenvalue weighted by atomic mass is 10.3. The number of fused-ring (bicyclic) bond motifs is 1. The molecular formula is C11H13N3O3. The summed E-state index contributed by atoms with van der Waals surface area (Å²) in [7, 11) is 1.30. The van der Waals surface area contributed by atoms with Gasteiger partial charge in [-0.15, -0.1) is 0 Å². The zero-order chi connectivity index (χ0) is 12.4. The van der Waals surface area contributed by atoms with E-state index in [1.165, 1.54) is 7.11 Å². The van der Waals surface area contributed by atoms with Gasteiger partial charge in [-0.3, -0.25) is 4.40 Å². The Balaban J connectivity index is 2.70. The molecule has 17 heavy (non-hydrogen) atoms. The fraction of sp³-hybridized carbons (Fsp3) is 0.273. The van der Waals surface area contributed by atoms with Crippen LogP contribution in [0.25, 0.3) is 5.52 Å². The van der Waals surface area contributed by atoms with Crippen molar-refractivity contribution in [2.24, 2.45) is 0 Å². The number of esters is 1. The first-order chi connectivity index (χ1) is 8.19. The summed E-state index contributed by atoms with van der Waals surface area (Å²) in [4.78, 5) is 15.7. The first-order valence-electron chi connectivity index (χ1n) is 5.14. The summed E-state index contributed by atoms with van der Waals surface area (Å²) in [5.74, 6) is 0.492. The van der Waals surface area contributed by atoms with Crippen molar-refractivity contribution in [3.63, 3.8) is 0 Å². The average Bonchev–Trinajstić information content (AvgIpc) is 2.69. The van der Waals surface area contributed by atoms with E-state index in [-0.39, 0.29) is 12.3 Å². The highest BCUT2D eigenvalue weighted by atomic mass is 16.5. The molecule has 2 aromatic heterocycles. The van der Waals surface area contributed by atoms with Crippen LogP contribution in [0.5, 0.6) is 0 Å². The van der Waals surface area contributed by atoms with E-state index in [2.05, 4.69) is 9.72 Å². The monoisotopic (exact) mass is 235 g/mol. The number of imidazole rings is 1. The third-order valence-electron chi connectivity index (χ3n) is 2.48. The summed E-state index contributed by atoms with van der Waals surface area (Å²) in [6.07, 6.45) is 0.326. The Morgan fingerprint density at radius 1 is 1.59 bits per heavy atom. The lowest BCUT2D eigenvalue weighted by Crippen LogP contribution is -2.03. The summed E-state index contributed by atoms with van der Waals surface area (Å²) in [6.45, 7) is -0.0614. The van der Waals surface area contributed by atoms with Gasteiger partial charge in [0.05, 0.1) is 19.2 Å². The second kappa shape index (κ2) is 4.42. The second-order valence-corrected chi connectivity index (χ2v) is 3.51. The van der Waals surface area contributed by atoms with E-state index in [4.69, 9.17) is 10.8 Å². The third-order valence-corrected chi connectivity index (χ3v) is 2.48. The molecular weight excluding hydrogens is 222 g/mol. The lowest BCUT2D eigenvalue weighted by Gasteiger charge is -2.02. The van der Waals surface area contributed by atoms with E-state index in [1.54, 1.807) is 22.6 Å². The maximum absolute atomic E-state index is 11.6. The van der Waals surface area contributed by atoms with Gasteiger partial charge in [-0.2, -0.15) is 0 Å². The standard InChI is InChI=1S/C11H13N3O3/c1-17-11(16)10-7-3-2-4-8(12)14(7)9(13-10)5-6-15/h2-4,15H,5-6,12H2,1H3. The van der Waals surface area contributed by atoms with Crippen molar-refractivity contribution in [3.05, 3.63) is 29.7 Å². The van der Waals surface area contributed by atoms with Gasteiger partial charge in [0.15, 0.2) is 5.69 Å². The number of hydrogen-bond donors (Lipinski definition) is 2. The van der Waals surface area contributed by atoms with Crippen LogP contribution in [0, 0.1) is 0 Å². The van der Waals surface area contributed by atoms with Crippen LogP contribution >= 0.6 is 0 Å². The number of ether oxygens (including phenoxy) is 1. The average molecular weight is 235 g/mol. The fourth-order valence-corrected chi connectivity index (χ4v) is 1.75. The largest absolute Gasteiger partial charge is 0.464 e. The number of nitrogens with two attached hydrogens (primary N) is 1. The molecule has 0 unspecified atom stereocenters. The van der Waals surface area contributed by atoms with Crippen molar-refractivity contribution >= 4 is 17.3 Å². The minimum Gasteiger partial charge on any atom is -0.464 e. The van der Waals surface area contributed by atoms with Crippen molar-refractivity contribution in [1.29, 1.82) is 0 Å². The highest BCUT2D eigenvalue weighted by molar-refractivity contribution is 5.95. The summed E-state index contributed by atoms with van der Waals surface area (Å²) >= 11 is 0. The zero-order valence-electron chi connectivity index (χ0n) is 9.38. The van der Waals surface area contributed by atoms with Crippen LogP contribution in [-0.2, 0) is 11.2 Å². The summed E-state index contributed by atoms with van der Waals surface area (Å²) < 4.78 is 6.30. The van der Waals surface area contributed by atoms with Crippen LogP contribution in [0.4, 0.5) is 5.82 Å². The number of nitrogen functional groups attached to an aromatic ring is 1. The van der Waals surface area contributed by atoms with Crippen LogP contribution in [0.3, 0.4) is 0 Å². The van der Waals surface area contributed by atoms with Crippen LogP contribution in [-0.4, -0.2) is 34.2 Å². The van der Waals surface area contributed by atoms with Crippen LogP contribution in [0.15, 0.2) is 18.2 Å². The second-order valence-electron chi connectivity index (χ2n) is 3.51. The Labute approximate surface area is 97.6 Å². The van der Waals surface area contributed by atoms with E-state index >= 15 is 0 Å². The van der Waals surface area contributed by atoms with Crippen LogP contribution < -0.4 is 5.73 Å². The number of carbonyl (C=O) groups is 1. The topological polar surface area (TPSA) is 89.8 Å².